The van der Waals surface area contributed by atoms with Gasteiger partial charge in [-0.1, -0.05) is 24.3 Å². The Hall–Kier alpha value is -1.61. The summed E-state index contributed by atoms with van der Waals surface area (Å²) in [6.07, 6.45) is 2.20. The fourth-order valence-electron chi connectivity index (χ4n) is 2.47. The van der Waals surface area contributed by atoms with Crippen LogP contribution in [0.1, 0.15) is 22.8 Å². The number of ether oxygens (including phenoxy) is 1. The van der Waals surface area contributed by atoms with Gasteiger partial charge in [0.15, 0.2) is 11.5 Å². The van der Waals surface area contributed by atoms with E-state index in [0.29, 0.717) is 11.0 Å². The quantitative estimate of drug-likeness (QED) is 0.889. The molecule has 1 heterocycles. The predicted octanol–water partition coefficient (Wildman–Crippen LogP) is 4.18. The summed E-state index contributed by atoms with van der Waals surface area (Å²) in [6.45, 7) is 0. The van der Waals surface area contributed by atoms with Crippen LogP contribution in [-0.2, 0) is 6.42 Å². The Kier molecular flexibility index (Phi) is 3.38. The van der Waals surface area contributed by atoms with Gasteiger partial charge >= 0.3 is 0 Å². The third kappa shape index (κ3) is 2.43. The summed E-state index contributed by atoms with van der Waals surface area (Å²) in [4.78, 5) is 1.36. The highest BCUT2D eigenvalue weighted by atomic mass is 32.2. The number of hydrogen-bond acceptors (Lipinski definition) is 3. The first-order chi connectivity index (χ1) is 9.28. The fourth-order valence-corrected chi connectivity index (χ4v) is 3.77. The lowest BCUT2D eigenvalue weighted by Crippen LogP contribution is -2.04. The largest absolute Gasteiger partial charge is 0.504 e. The molecule has 0 saturated heterocycles. The SMILES string of the molecule is COc1ccc(C2CCc3ccccc3S2)cc1O. The number of methoxy groups -OCH3 is 1. The second kappa shape index (κ2) is 5.17. The molecular weight excluding hydrogens is 256 g/mol. The van der Waals surface area contributed by atoms with Crippen LogP contribution in [0.15, 0.2) is 47.4 Å². The Labute approximate surface area is 117 Å². The van der Waals surface area contributed by atoms with Gasteiger partial charge in [0.1, 0.15) is 0 Å². The molecule has 0 saturated carbocycles. The van der Waals surface area contributed by atoms with Crippen LogP contribution < -0.4 is 4.74 Å². The van der Waals surface area contributed by atoms with Gasteiger partial charge in [-0.05, 0) is 42.2 Å². The average molecular weight is 272 g/mol. The molecule has 0 fully saturated rings. The monoisotopic (exact) mass is 272 g/mol. The van der Waals surface area contributed by atoms with E-state index in [1.165, 1.54) is 10.5 Å². The van der Waals surface area contributed by atoms with E-state index >= 15 is 0 Å². The second-order valence-corrected chi connectivity index (χ2v) is 5.93. The van der Waals surface area contributed by atoms with Crippen molar-refractivity contribution in [2.75, 3.05) is 7.11 Å². The summed E-state index contributed by atoms with van der Waals surface area (Å²) < 4.78 is 5.09. The van der Waals surface area contributed by atoms with Crippen molar-refractivity contribution in [1.82, 2.24) is 0 Å². The molecule has 98 valence electrons. The zero-order chi connectivity index (χ0) is 13.2. The van der Waals surface area contributed by atoms with Crippen LogP contribution in [0.25, 0.3) is 0 Å². The standard InChI is InChI=1S/C16H16O2S/c1-18-14-8-6-12(10-13(14)17)16-9-7-11-4-2-3-5-15(11)19-16/h2-6,8,10,16-17H,7,9H2,1H3. The van der Waals surface area contributed by atoms with Crippen LogP contribution in [0.3, 0.4) is 0 Å². The number of fused-ring (bicyclic) bond motifs is 1. The van der Waals surface area contributed by atoms with Crippen molar-refractivity contribution in [2.45, 2.75) is 23.0 Å². The molecule has 0 spiro atoms. The first-order valence-electron chi connectivity index (χ1n) is 6.39. The minimum Gasteiger partial charge on any atom is -0.504 e. The first-order valence-corrected chi connectivity index (χ1v) is 7.27. The van der Waals surface area contributed by atoms with Gasteiger partial charge in [-0.2, -0.15) is 0 Å². The van der Waals surface area contributed by atoms with Crippen LogP contribution in [0.4, 0.5) is 0 Å². The van der Waals surface area contributed by atoms with Gasteiger partial charge in [0, 0.05) is 10.1 Å². The zero-order valence-electron chi connectivity index (χ0n) is 10.8. The topological polar surface area (TPSA) is 29.5 Å². The molecule has 3 rings (SSSR count). The average Bonchev–Trinajstić information content (AvgIpc) is 2.46. The van der Waals surface area contributed by atoms with E-state index in [1.807, 2.05) is 30.0 Å². The van der Waals surface area contributed by atoms with Crippen LogP contribution in [-0.4, -0.2) is 12.2 Å². The summed E-state index contributed by atoms with van der Waals surface area (Å²) in [5.41, 5.74) is 2.60. The Bertz CT molecular complexity index is 595. The van der Waals surface area contributed by atoms with Crippen molar-refractivity contribution in [3.8, 4) is 11.5 Å². The molecule has 1 aliphatic rings. The first kappa shape index (κ1) is 12.4. The van der Waals surface area contributed by atoms with Crippen molar-refractivity contribution in [3.63, 3.8) is 0 Å². The molecule has 1 unspecified atom stereocenters. The van der Waals surface area contributed by atoms with Gasteiger partial charge in [-0.15, -0.1) is 11.8 Å². The third-order valence-electron chi connectivity index (χ3n) is 3.49. The Morgan fingerprint density at radius 2 is 2.05 bits per heavy atom. The normalized spacial score (nSPS) is 17.8. The van der Waals surface area contributed by atoms with Gasteiger partial charge in [-0.25, -0.2) is 0 Å². The van der Waals surface area contributed by atoms with Gasteiger partial charge in [-0.3, -0.25) is 0 Å². The molecular formula is C16H16O2S. The van der Waals surface area contributed by atoms with Gasteiger partial charge in [0.25, 0.3) is 0 Å². The van der Waals surface area contributed by atoms with E-state index in [4.69, 9.17) is 4.74 Å². The van der Waals surface area contributed by atoms with E-state index in [1.54, 1.807) is 7.11 Å². The lowest BCUT2D eigenvalue weighted by Gasteiger charge is -2.24. The van der Waals surface area contributed by atoms with E-state index in [0.717, 1.165) is 18.4 Å². The zero-order valence-corrected chi connectivity index (χ0v) is 11.6. The Morgan fingerprint density at radius 3 is 2.84 bits per heavy atom. The number of thioether (sulfide) groups is 1. The van der Waals surface area contributed by atoms with E-state index in [9.17, 15) is 5.11 Å². The minimum atomic E-state index is 0.222. The van der Waals surface area contributed by atoms with Crippen molar-refractivity contribution >= 4 is 11.8 Å². The third-order valence-corrected chi connectivity index (χ3v) is 4.94. The van der Waals surface area contributed by atoms with Crippen LogP contribution in [0, 0.1) is 0 Å². The van der Waals surface area contributed by atoms with Gasteiger partial charge < -0.3 is 9.84 Å². The highest BCUT2D eigenvalue weighted by Crippen LogP contribution is 2.45. The predicted molar refractivity (Wildman–Crippen MR) is 78.0 cm³/mol. The highest BCUT2D eigenvalue weighted by molar-refractivity contribution is 7.99. The molecule has 2 aromatic carbocycles. The molecule has 2 aromatic rings. The lowest BCUT2D eigenvalue weighted by atomic mass is 10.0. The van der Waals surface area contributed by atoms with Crippen molar-refractivity contribution in [1.29, 1.82) is 0 Å². The number of hydrogen-bond donors (Lipinski definition) is 1. The fraction of sp³-hybridized carbons (Fsp3) is 0.250. The number of phenols is 1. The van der Waals surface area contributed by atoms with E-state index < -0.39 is 0 Å². The summed E-state index contributed by atoms with van der Waals surface area (Å²) >= 11 is 1.88. The summed E-state index contributed by atoms with van der Waals surface area (Å²) in [5, 5.41) is 10.3. The number of aryl methyl sites for hydroxylation is 1. The van der Waals surface area contributed by atoms with Gasteiger partial charge in [0.05, 0.1) is 7.11 Å². The number of rotatable bonds is 2. The van der Waals surface area contributed by atoms with Crippen molar-refractivity contribution in [3.05, 3.63) is 53.6 Å². The minimum absolute atomic E-state index is 0.222. The highest BCUT2D eigenvalue weighted by Gasteiger charge is 2.21. The maximum atomic E-state index is 9.88. The smallest absolute Gasteiger partial charge is 0.160 e. The molecule has 3 heteroatoms. The summed E-state index contributed by atoms with van der Waals surface area (Å²) in [6, 6.07) is 14.3. The molecule has 0 aromatic heterocycles. The second-order valence-electron chi connectivity index (χ2n) is 4.68. The van der Waals surface area contributed by atoms with Crippen molar-refractivity contribution in [2.24, 2.45) is 0 Å². The van der Waals surface area contributed by atoms with Crippen LogP contribution in [0.5, 0.6) is 11.5 Å². The van der Waals surface area contributed by atoms with E-state index in [-0.39, 0.29) is 5.75 Å². The molecule has 1 aliphatic heterocycles. The Balaban J connectivity index is 1.87. The number of aromatic hydroxyl groups is 1. The maximum Gasteiger partial charge on any atom is 0.160 e. The lowest BCUT2D eigenvalue weighted by molar-refractivity contribution is 0.373. The number of phenolic OH excluding ortho intramolecular Hbond substituents is 1. The molecule has 0 aliphatic carbocycles. The maximum absolute atomic E-state index is 9.88. The summed E-state index contributed by atoms with van der Waals surface area (Å²) in [5.74, 6) is 0.754. The van der Waals surface area contributed by atoms with E-state index in [2.05, 4.69) is 24.3 Å². The molecule has 1 atom stereocenters. The number of benzene rings is 2. The van der Waals surface area contributed by atoms with Crippen molar-refractivity contribution < 1.29 is 9.84 Å². The Morgan fingerprint density at radius 1 is 1.21 bits per heavy atom. The molecule has 0 amide bonds. The molecule has 2 nitrogen and oxygen atoms in total. The van der Waals surface area contributed by atoms with Crippen LogP contribution >= 0.6 is 11.8 Å². The summed E-state index contributed by atoms with van der Waals surface area (Å²) in [7, 11) is 1.57. The molecule has 0 radical (unpaired) electrons. The van der Waals surface area contributed by atoms with Crippen LogP contribution in [0.2, 0.25) is 0 Å². The van der Waals surface area contributed by atoms with Gasteiger partial charge in [0.2, 0.25) is 0 Å². The molecule has 1 N–H and O–H groups in total. The molecule has 19 heavy (non-hydrogen) atoms. The molecule has 0 bridgehead atoms.